The van der Waals surface area contributed by atoms with Crippen LogP contribution in [0.25, 0.3) is 0 Å². The average Bonchev–Trinajstić information content (AvgIpc) is 2.93. The summed E-state index contributed by atoms with van der Waals surface area (Å²) >= 11 is 0. The lowest BCUT2D eigenvalue weighted by Gasteiger charge is -2.40. The second-order valence-electron chi connectivity index (χ2n) is 6.35. The van der Waals surface area contributed by atoms with Gasteiger partial charge in [0, 0.05) is 38.8 Å². The maximum atomic E-state index is 5.77. The Kier molecular flexibility index (Phi) is 4.55. The lowest BCUT2D eigenvalue weighted by Crippen LogP contribution is -2.55. The van der Waals surface area contributed by atoms with E-state index >= 15 is 0 Å². The van der Waals surface area contributed by atoms with E-state index in [9.17, 15) is 0 Å². The zero-order valence-electron chi connectivity index (χ0n) is 11.6. The first-order valence-electron chi connectivity index (χ1n) is 7.99. The van der Waals surface area contributed by atoms with Crippen molar-refractivity contribution >= 4 is 0 Å². The van der Waals surface area contributed by atoms with Crippen LogP contribution < -0.4 is 5.32 Å². The molecule has 0 aromatic rings. The molecule has 2 unspecified atom stereocenters. The van der Waals surface area contributed by atoms with E-state index in [1.807, 2.05) is 0 Å². The van der Waals surface area contributed by atoms with E-state index in [2.05, 4.69) is 10.2 Å². The lowest BCUT2D eigenvalue weighted by atomic mass is 9.83. The number of ether oxygens (including phenoxy) is 1. The molecule has 0 radical (unpaired) electrons. The first-order valence-corrected chi connectivity index (χ1v) is 7.99. The van der Waals surface area contributed by atoms with E-state index < -0.39 is 0 Å². The molecule has 2 aliphatic heterocycles. The highest BCUT2D eigenvalue weighted by Crippen LogP contribution is 2.28. The minimum absolute atomic E-state index is 0.523. The van der Waals surface area contributed by atoms with Crippen molar-refractivity contribution < 1.29 is 4.74 Å². The van der Waals surface area contributed by atoms with Crippen LogP contribution in [0.2, 0.25) is 0 Å². The van der Waals surface area contributed by atoms with Crippen LogP contribution >= 0.6 is 0 Å². The van der Waals surface area contributed by atoms with Crippen LogP contribution in [0.15, 0.2) is 0 Å². The molecule has 1 N–H and O–H groups in total. The van der Waals surface area contributed by atoms with Gasteiger partial charge in [0.25, 0.3) is 0 Å². The summed E-state index contributed by atoms with van der Waals surface area (Å²) in [4.78, 5) is 2.64. The molecular formula is C15H28N2O. The molecule has 3 nitrogen and oxygen atoms in total. The van der Waals surface area contributed by atoms with Crippen molar-refractivity contribution in [2.75, 3.05) is 32.8 Å². The summed E-state index contributed by atoms with van der Waals surface area (Å²) in [5.41, 5.74) is 0. The third-order valence-electron chi connectivity index (χ3n) is 4.99. The summed E-state index contributed by atoms with van der Waals surface area (Å²) in [6.07, 6.45) is 10.3. The number of nitrogens with one attached hydrogen (secondary N) is 1. The van der Waals surface area contributed by atoms with Gasteiger partial charge >= 0.3 is 0 Å². The van der Waals surface area contributed by atoms with Crippen LogP contribution in [0.4, 0.5) is 0 Å². The normalized spacial score (nSPS) is 36.0. The predicted octanol–water partition coefficient (Wildman–Crippen LogP) is 2.02. The molecule has 3 rings (SSSR count). The van der Waals surface area contributed by atoms with Crippen LogP contribution in [0.3, 0.4) is 0 Å². The molecule has 0 spiro atoms. The van der Waals surface area contributed by atoms with Crippen molar-refractivity contribution in [3.8, 4) is 0 Å². The highest BCUT2D eigenvalue weighted by atomic mass is 16.5. The standard InChI is InChI=1S/C15H28N2O/c1-2-5-13(6-3-1)15-12-17(9-8-16-15)11-14-7-4-10-18-14/h13-16H,1-12H2. The molecule has 2 heterocycles. The van der Waals surface area contributed by atoms with Crippen molar-refractivity contribution in [1.29, 1.82) is 0 Å². The van der Waals surface area contributed by atoms with Gasteiger partial charge in [-0.15, -0.1) is 0 Å². The van der Waals surface area contributed by atoms with Gasteiger partial charge in [-0.2, -0.15) is 0 Å². The molecule has 2 atom stereocenters. The van der Waals surface area contributed by atoms with E-state index in [0.717, 1.165) is 18.6 Å². The van der Waals surface area contributed by atoms with Gasteiger partial charge in [-0.1, -0.05) is 19.3 Å². The van der Waals surface area contributed by atoms with E-state index in [1.165, 1.54) is 71.1 Å². The summed E-state index contributed by atoms with van der Waals surface area (Å²) in [7, 11) is 0. The predicted molar refractivity (Wildman–Crippen MR) is 73.8 cm³/mol. The fourth-order valence-corrected chi connectivity index (χ4v) is 3.94. The molecule has 104 valence electrons. The van der Waals surface area contributed by atoms with Gasteiger partial charge in [-0.25, -0.2) is 0 Å². The summed E-state index contributed by atoms with van der Waals surface area (Å²) < 4.78 is 5.77. The van der Waals surface area contributed by atoms with Crippen molar-refractivity contribution in [2.24, 2.45) is 5.92 Å². The number of hydrogen-bond acceptors (Lipinski definition) is 3. The molecule has 0 aromatic carbocycles. The molecular weight excluding hydrogens is 224 g/mol. The van der Waals surface area contributed by atoms with Crippen molar-refractivity contribution in [3.05, 3.63) is 0 Å². The van der Waals surface area contributed by atoms with Crippen molar-refractivity contribution in [3.63, 3.8) is 0 Å². The second-order valence-corrected chi connectivity index (χ2v) is 6.35. The topological polar surface area (TPSA) is 24.5 Å². The summed E-state index contributed by atoms with van der Waals surface area (Å²) in [5.74, 6) is 0.936. The number of hydrogen-bond donors (Lipinski definition) is 1. The number of nitrogens with zero attached hydrogens (tertiary/aromatic N) is 1. The molecule has 0 amide bonds. The molecule has 3 heteroatoms. The lowest BCUT2D eigenvalue weighted by molar-refractivity contribution is 0.0546. The van der Waals surface area contributed by atoms with Crippen molar-refractivity contribution in [2.45, 2.75) is 57.1 Å². The fourth-order valence-electron chi connectivity index (χ4n) is 3.94. The molecule has 3 fully saturated rings. The van der Waals surface area contributed by atoms with Crippen LogP contribution in [0.1, 0.15) is 44.9 Å². The summed E-state index contributed by atoms with van der Waals surface area (Å²) in [5, 5.41) is 3.76. The Hall–Kier alpha value is -0.120. The Balaban J connectivity index is 1.47. The molecule has 1 aliphatic carbocycles. The quantitative estimate of drug-likeness (QED) is 0.831. The monoisotopic (exact) mass is 252 g/mol. The second kappa shape index (κ2) is 6.36. The maximum absolute atomic E-state index is 5.77. The summed E-state index contributed by atoms with van der Waals surface area (Å²) in [6.45, 7) is 5.80. The first-order chi connectivity index (χ1) is 8.92. The Morgan fingerprint density at radius 3 is 2.72 bits per heavy atom. The number of piperazine rings is 1. The first kappa shape index (κ1) is 12.9. The molecule has 18 heavy (non-hydrogen) atoms. The van der Waals surface area contributed by atoms with Gasteiger partial charge < -0.3 is 10.1 Å². The van der Waals surface area contributed by atoms with E-state index in [0.29, 0.717) is 6.10 Å². The number of rotatable bonds is 3. The van der Waals surface area contributed by atoms with Crippen LogP contribution in [-0.4, -0.2) is 49.8 Å². The Morgan fingerprint density at radius 1 is 1.06 bits per heavy atom. The van der Waals surface area contributed by atoms with Crippen molar-refractivity contribution in [1.82, 2.24) is 10.2 Å². The van der Waals surface area contributed by atoms with Gasteiger partial charge in [0.05, 0.1) is 6.10 Å². The van der Waals surface area contributed by atoms with E-state index in [-0.39, 0.29) is 0 Å². The van der Waals surface area contributed by atoms with Crippen LogP contribution in [0.5, 0.6) is 0 Å². The van der Waals surface area contributed by atoms with Gasteiger partial charge in [-0.05, 0) is 31.6 Å². The zero-order valence-corrected chi connectivity index (χ0v) is 11.6. The average molecular weight is 252 g/mol. The molecule has 1 saturated carbocycles. The summed E-state index contributed by atoms with van der Waals surface area (Å²) in [6, 6.07) is 0.750. The van der Waals surface area contributed by atoms with Crippen LogP contribution in [0, 0.1) is 5.92 Å². The highest BCUT2D eigenvalue weighted by molar-refractivity contribution is 4.87. The van der Waals surface area contributed by atoms with Gasteiger partial charge in [0.2, 0.25) is 0 Å². The molecule has 0 bridgehead atoms. The van der Waals surface area contributed by atoms with E-state index in [1.54, 1.807) is 0 Å². The van der Waals surface area contributed by atoms with Gasteiger partial charge in [0.15, 0.2) is 0 Å². The zero-order chi connectivity index (χ0) is 12.2. The third-order valence-corrected chi connectivity index (χ3v) is 4.99. The Bertz CT molecular complexity index is 247. The molecule has 0 aromatic heterocycles. The van der Waals surface area contributed by atoms with Crippen LogP contribution in [-0.2, 0) is 4.74 Å². The molecule has 3 aliphatic rings. The third kappa shape index (κ3) is 3.25. The Labute approximate surface area is 111 Å². The highest BCUT2D eigenvalue weighted by Gasteiger charge is 2.29. The van der Waals surface area contributed by atoms with E-state index in [4.69, 9.17) is 4.74 Å². The smallest absolute Gasteiger partial charge is 0.0702 e. The van der Waals surface area contributed by atoms with Gasteiger partial charge in [0.1, 0.15) is 0 Å². The minimum atomic E-state index is 0.523. The molecule has 2 saturated heterocycles. The SMILES string of the molecule is C1CCC(C2CN(CC3CCCO3)CCN2)CC1. The minimum Gasteiger partial charge on any atom is -0.377 e. The Morgan fingerprint density at radius 2 is 1.94 bits per heavy atom. The largest absolute Gasteiger partial charge is 0.377 e. The van der Waals surface area contributed by atoms with Gasteiger partial charge in [-0.3, -0.25) is 4.90 Å². The maximum Gasteiger partial charge on any atom is 0.0702 e. The fraction of sp³-hybridized carbons (Fsp3) is 1.00.